The first-order valence-electron chi connectivity index (χ1n) is 9.37. The average molecular weight is 417 g/mol. The zero-order valence-electron chi connectivity index (χ0n) is 17.2. The van der Waals surface area contributed by atoms with Crippen LogP contribution in [0.1, 0.15) is 30.5 Å². The zero-order valence-corrected chi connectivity index (χ0v) is 18.1. The summed E-state index contributed by atoms with van der Waals surface area (Å²) < 4.78 is 23.5. The lowest BCUT2D eigenvalue weighted by Crippen LogP contribution is -2.36. The van der Waals surface area contributed by atoms with Crippen LogP contribution in [0.3, 0.4) is 0 Å². The zero-order chi connectivity index (χ0) is 21.4. The van der Waals surface area contributed by atoms with Crippen LogP contribution in [0.15, 0.2) is 52.4 Å². The lowest BCUT2D eigenvalue weighted by Gasteiger charge is -2.13. The van der Waals surface area contributed by atoms with Gasteiger partial charge in [-0.1, -0.05) is 24.3 Å². The summed E-state index contributed by atoms with van der Waals surface area (Å²) in [7, 11) is -3.22. The Morgan fingerprint density at radius 1 is 1.07 bits per heavy atom. The first kappa shape index (κ1) is 22.4. The number of aliphatic imine (C=N–C) groups is 1. The Morgan fingerprint density at radius 2 is 1.83 bits per heavy atom. The van der Waals surface area contributed by atoms with Crippen molar-refractivity contribution in [1.82, 2.24) is 10.6 Å². The number of benzene rings is 2. The third-order valence-electron chi connectivity index (χ3n) is 4.11. The van der Waals surface area contributed by atoms with E-state index in [2.05, 4.69) is 20.9 Å². The number of sulfone groups is 1. The minimum absolute atomic E-state index is 0.113. The van der Waals surface area contributed by atoms with Crippen molar-refractivity contribution in [2.75, 3.05) is 18.1 Å². The van der Waals surface area contributed by atoms with Crippen molar-refractivity contribution < 1.29 is 13.2 Å². The minimum Gasteiger partial charge on any atom is -0.357 e. The summed E-state index contributed by atoms with van der Waals surface area (Å²) in [5.41, 5.74) is 3.41. The Labute approximate surface area is 172 Å². The monoisotopic (exact) mass is 416 g/mol. The molecule has 0 aliphatic rings. The van der Waals surface area contributed by atoms with E-state index in [1.54, 1.807) is 19.1 Å². The largest absolute Gasteiger partial charge is 0.357 e. The molecule has 0 aromatic heterocycles. The van der Waals surface area contributed by atoms with Gasteiger partial charge in [0.1, 0.15) is 0 Å². The van der Waals surface area contributed by atoms with Gasteiger partial charge in [0.2, 0.25) is 5.91 Å². The Hall–Kier alpha value is -2.87. The van der Waals surface area contributed by atoms with Crippen LogP contribution in [0.2, 0.25) is 0 Å². The average Bonchev–Trinajstić information content (AvgIpc) is 2.63. The summed E-state index contributed by atoms with van der Waals surface area (Å²) in [5, 5.41) is 9.22. The molecule has 0 unspecified atom stereocenters. The highest BCUT2D eigenvalue weighted by Gasteiger charge is 2.11. The van der Waals surface area contributed by atoms with Gasteiger partial charge in [-0.25, -0.2) is 13.4 Å². The molecule has 2 aromatic carbocycles. The third kappa shape index (κ3) is 7.23. The van der Waals surface area contributed by atoms with Crippen LogP contribution < -0.4 is 16.0 Å². The second kappa shape index (κ2) is 10.1. The topological polar surface area (TPSA) is 99.7 Å². The van der Waals surface area contributed by atoms with Gasteiger partial charge in [0.05, 0.1) is 11.4 Å². The van der Waals surface area contributed by atoms with E-state index in [4.69, 9.17) is 0 Å². The second-order valence-corrected chi connectivity index (χ2v) is 8.79. The van der Waals surface area contributed by atoms with E-state index in [-0.39, 0.29) is 5.91 Å². The number of guanidine groups is 1. The van der Waals surface area contributed by atoms with Gasteiger partial charge in [-0.2, -0.15) is 0 Å². The highest BCUT2D eigenvalue weighted by Crippen LogP contribution is 2.16. The standard InChI is InChI=1S/C21H28N4O3S/c1-5-22-21(23-13-17-7-6-8-19(12-17)25-16(3)26)24-14-18-9-10-20(15(2)11-18)29(4,27)28/h6-12H,5,13-14H2,1-4H3,(H,25,26)(H2,22,23,24). The van der Waals surface area contributed by atoms with Crippen molar-refractivity contribution in [2.24, 2.45) is 4.99 Å². The molecule has 7 nitrogen and oxygen atoms in total. The van der Waals surface area contributed by atoms with Crippen molar-refractivity contribution in [3.63, 3.8) is 0 Å². The van der Waals surface area contributed by atoms with Crippen LogP contribution in [0.4, 0.5) is 5.69 Å². The lowest BCUT2D eigenvalue weighted by atomic mass is 10.1. The predicted molar refractivity (Wildman–Crippen MR) is 117 cm³/mol. The van der Waals surface area contributed by atoms with E-state index in [1.807, 2.05) is 37.3 Å². The predicted octanol–water partition coefficient (Wildman–Crippen LogP) is 2.61. The molecule has 0 fully saturated rings. The Bertz CT molecular complexity index is 1000. The lowest BCUT2D eigenvalue weighted by molar-refractivity contribution is -0.114. The molecular weight excluding hydrogens is 388 g/mol. The van der Waals surface area contributed by atoms with E-state index in [9.17, 15) is 13.2 Å². The van der Waals surface area contributed by atoms with Crippen LogP contribution in [0.25, 0.3) is 0 Å². The Balaban J connectivity index is 2.06. The first-order chi connectivity index (χ1) is 13.7. The number of nitrogens with one attached hydrogen (secondary N) is 3. The van der Waals surface area contributed by atoms with Crippen LogP contribution in [-0.4, -0.2) is 33.1 Å². The summed E-state index contributed by atoms with van der Waals surface area (Å²) in [6.07, 6.45) is 1.21. The van der Waals surface area contributed by atoms with Gasteiger partial charge in [-0.05, 0) is 48.7 Å². The number of nitrogens with zero attached hydrogens (tertiary/aromatic N) is 1. The van der Waals surface area contributed by atoms with Crippen molar-refractivity contribution in [3.8, 4) is 0 Å². The highest BCUT2D eigenvalue weighted by molar-refractivity contribution is 7.90. The van der Waals surface area contributed by atoms with E-state index < -0.39 is 9.84 Å². The van der Waals surface area contributed by atoms with Gasteiger partial charge in [-0.3, -0.25) is 4.79 Å². The summed E-state index contributed by atoms with van der Waals surface area (Å²) in [5.74, 6) is 0.542. The molecule has 0 saturated heterocycles. The Kier molecular flexibility index (Phi) is 7.78. The van der Waals surface area contributed by atoms with Crippen LogP contribution in [0.5, 0.6) is 0 Å². The summed E-state index contributed by atoms with van der Waals surface area (Å²) in [4.78, 5) is 16.1. The van der Waals surface area contributed by atoms with E-state index >= 15 is 0 Å². The van der Waals surface area contributed by atoms with Gasteiger partial charge in [0.15, 0.2) is 15.8 Å². The molecule has 0 heterocycles. The third-order valence-corrected chi connectivity index (χ3v) is 5.37. The molecule has 0 aliphatic heterocycles. The number of rotatable bonds is 7. The summed E-state index contributed by atoms with van der Waals surface area (Å²) in [6, 6.07) is 12.9. The number of anilines is 1. The number of amides is 1. The van der Waals surface area contributed by atoms with Crippen molar-refractivity contribution >= 4 is 27.4 Å². The van der Waals surface area contributed by atoms with E-state index in [0.717, 1.165) is 22.4 Å². The molecule has 0 radical (unpaired) electrons. The molecule has 2 aromatic rings. The van der Waals surface area contributed by atoms with Gasteiger partial charge in [-0.15, -0.1) is 0 Å². The maximum atomic E-state index is 11.8. The smallest absolute Gasteiger partial charge is 0.221 e. The number of hydrogen-bond acceptors (Lipinski definition) is 4. The molecule has 1 amide bonds. The van der Waals surface area contributed by atoms with E-state index in [1.165, 1.54) is 13.2 Å². The molecule has 2 rings (SSSR count). The maximum Gasteiger partial charge on any atom is 0.221 e. The molecule has 0 bridgehead atoms. The molecule has 0 spiro atoms. The number of hydrogen-bond donors (Lipinski definition) is 3. The Morgan fingerprint density at radius 3 is 2.45 bits per heavy atom. The molecule has 8 heteroatoms. The van der Waals surface area contributed by atoms with Crippen molar-refractivity contribution in [2.45, 2.75) is 38.8 Å². The van der Waals surface area contributed by atoms with Gasteiger partial charge < -0.3 is 16.0 Å². The fourth-order valence-electron chi connectivity index (χ4n) is 2.89. The van der Waals surface area contributed by atoms with Gasteiger partial charge in [0, 0.05) is 32.0 Å². The number of carbonyl (C=O) groups is 1. The summed E-state index contributed by atoms with van der Waals surface area (Å²) >= 11 is 0. The molecule has 0 atom stereocenters. The van der Waals surface area contributed by atoms with Crippen molar-refractivity contribution in [3.05, 3.63) is 59.2 Å². The minimum atomic E-state index is -3.22. The van der Waals surface area contributed by atoms with Crippen molar-refractivity contribution in [1.29, 1.82) is 0 Å². The number of aryl methyl sites for hydroxylation is 1. The molecule has 0 saturated carbocycles. The van der Waals surface area contributed by atoms with Crippen LogP contribution in [-0.2, 0) is 27.7 Å². The molecule has 156 valence electrons. The first-order valence-corrected chi connectivity index (χ1v) is 11.3. The highest BCUT2D eigenvalue weighted by atomic mass is 32.2. The molecule has 3 N–H and O–H groups in total. The van der Waals surface area contributed by atoms with E-state index in [0.29, 0.717) is 30.5 Å². The normalized spacial score (nSPS) is 11.8. The fourth-order valence-corrected chi connectivity index (χ4v) is 3.85. The number of carbonyl (C=O) groups excluding carboxylic acids is 1. The quantitative estimate of drug-likeness (QED) is 0.476. The second-order valence-electron chi connectivity index (χ2n) is 6.80. The van der Waals surface area contributed by atoms with Crippen LogP contribution >= 0.6 is 0 Å². The summed E-state index contributed by atoms with van der Waals surface area (Å²) in [6.45, 7) is 6.93. The molecule has 0 aliphatic carbocycles. The maximum absolute atomic E-state index is 11.8. The fraction of sp³-hybridized carbons (Fsp3) is 0.333. The molecular formula is C21H28N4O3S. The SMILES string of the molecule is CCNC(=NCc1cccc(NC(C)=O)c1)NCc1ccc(S(C)(=O)=O)c(C)c1. The molecule has 29 heavy (non-hydrogen) atoms. The van der Waals surface area contributed by atoms with Gasteiger partial charge >= 0.3 is 0 Å². The van der Waals surface area contributed by atoms with Crippen LogP contribution in [0, 0.1) is 6.92 Å². The van der Waals surface area contributed by atoms with Gasteiger partial charge in [0.25, 0.3) is 0 Å².